The maximum absolute atomic E-state index is 12.4. The second-order valence-electron chi connectivity index (χ2n) is 8.00. The van der Waals surface area contributed by atoms with Gasteiger partial charge < -0.3 is 20.4 Å². The monoisotopic (exact) mass is 410 g/mol. The van der Waals surface area contributed by atoms with E-state index < -0.39 is 0 Å². The predicted molar refractivity (Wildman–Crippen MR) is 119 cm³/mol. The normalized spacial score (nSPS) is 18.6. The molecule has 2 amide bonds. The van der Waals surface area contributed by atoms with E-state index in [4.69, 9.17) is 0 Å². The van der Waals surface area contributed by atoms with Gasteiger partial charge in [0.2, 0.25) is 0 Å². The Hall–Kier alpha value is -2.70. The summed E-state index contributed by atoms with van der Waals surface area (Å²) in [5.74, 6) is 0.173. The van der Waals surface area contributed by atoms with Gasteiger partial charge in [-0.15, -0.1) is 0 Å². The summed E-state index contributed by atoms with van der Waals surface area (Å²) in [6, 6.07) is 18.2. The van der Waals surface area contributed by atoms with E-state index in [2.05, 4.69) is 35.8 Å². The molecule has 4 N–H and O–H groups in total. The number of para-hydroxylation sites is 1. The summed E-state index contributed by atoms with van der Waals surface area (Å²) >= 11 is 0. The first-order valence-electron chi connectivity index (χ1n) is 11.0. The number of rotatable bonds is 9. The Morgan fingerprint density at radius 1 is 0.833 bits per heavy atom. The predicted octanol–water partition coefficient (Wildman–Crippen LogP) is -0.670. The van der Waals surface area contributed by atoms with Gasteiger partial charge in [-0.1, -0.05) is 55.5 Å². The largest absolute Gasteiger partial charge is 0.351 e. The fourth-order valence-electron chi connectivity index (χ4n) is 3.96. The van der Waals surface area contributed by atoms with Crippen molar-refractivity contribution in [2.24, 2.45) is 0 Å². The lowest BCUT2D eigenvalue weighted by molar-refractivity contribution is -1.00. The van der Waals surface area contributed by atoms with Crippen LogP contribution in [0.1, 0.15) is 18.1 Å². The Labute approximate surface area is 179 Å². The van der Waals surface area contributed by atoms with E-state index in [1.54, 1.807) is 0 Å². The summed E-state index contributed by atoms with van der Waals surface area (Å²) in [5, 5.41) is 6.09. The van der Waals surface area contributed by atoms with Crippen LogP contribution >= 0.6 is 0 Å². The first kappa shape index (κ1) is 22.0. The Morgan fingerprint density at radius 3 is 2.10 bits per heavy atom. The zero-order valence-electron chi connectivity index (χ0n) is 17.9. The van der Waals surface area contributed by atoms with Gasteiger partial charge in [-0.3, -0.25) is 9.59 Å². The molecule has 0 spiro atoms. The Morgan fingerprint density at radius 2 is 1.43 bits per heavy atom. The maximum Gasteiger partial charge on any atom is 0.279 e. The van der Waals surface area contributed by atoms with Crippen molar-refractivity contribution in [1.29, 1.82) is 0 Å². The topological polar surface area (TPSA) is 67.1 Å². The first-order chi connectivity index (χ1) is 14.6. The van der Waals surface area contributed by atoms with Gasteiger partial charge >= 0.3 is 0 Å². The molecule has 1 aliphatic rings. The number of hydrogen-bond donors (Lipinski definition) is 4. The average Bonchev–Trinajstić information content (AvgIpc) is 2.76. The van der Waals surface area contributed by atoms with Crippen LogP contribution in [0.15, 0.2) is 54.6 Å². The van der Waals surface area contributed by atoms with Gasteiger partial charge in [-0.05, 0) is 30.0 Å². The van der Waals surface area contributed by atoms with Crippen LogP contribution < -0.4 is 20.4 Å². The molecule has 0 aliphatic carbocycles. The van der Waals surface area contributed by atoms with Crippen LogP contribution in [0.4, 0.5) is 5.69 Å². The van der Waals surface area contributed by atoms with E-state index in [9.17, 15) is 9.59 Å². The standard InChI is InChI=1S/C24H32N4O2/c1-2-21-10-6-7-11-22(21)26-24(30)19-28-16-14-27(15-17-28)18-23(29)25-13-12-20-8-4-3-5-9-20/h3-11H,2,12-19H2,1H3,(H,25,29)(H,26,30)/p+2. The van der Waals surface area contributed by atoms with Gasteiger partial charge in [-0.25, -0.2) is 0 Å². The molecule has 0 bridgehead atoms. The third-order valence-electron chi connectivity index (χ3n) is 5.74. The van der Waals surface area contributed by atoms with Gasteiger partial charge in [0.05, 0.1) is 0 Å². The zero-order valence-corrected chi connectivity index (χ0v) is 17.9. The molecule has 1 aliphatic heterocycles. The van der Waals surface area contributed by atoms with E-state index >= 15 is 0 Å². The minimum Gasteiger partial charge on any atom is -0.351 e. The fraction of sp³-hybridized carbons (Fsp3) is 0.417. The van der Waals surface area contributed by atoms with E-state index in [1.165, 1.54) is 15.4 Å². The quantitative estimate of drug-likeness (QED) is 0.443. The molecule has 6 nitrogen and oxygen atoms in total. The lowest BCUT2D eigenvalue weighted by atomic mass is 10.1. The number of aryl methyl sites for hydroxylation is 1. The summed E-state index contributed by atoms with van der Waals surface area (Å²) in [6.45, 7) is 7.42. The number of carbonyl (C=O) groups excluding carboxylic acids is 2. The molecule has 6 heteroatoms. The van der Waals surface area contributed by atoms with Gasteiger partial charge in [-0.2, -0.15) is 0 Å². The molecule has 1 fully saturated rings. The molecule has 0 aromatic heterocycles. The molecule has 0 saturated carbocycles. The zero-order chi connectivity index (χ0) is 21.2. The Kier molecular flexibility index (Phi) is 8.41. The van der Waals surface area contributed by atoms with E-state index in [0.29, 0.717) is 19.6 Å². The molecule has 160 valence electrons. The number of quaternary nitrogens is 2. The lowest BCUT2D eigenvalue weighted by Crippen LogP contribution is -3.28. The number of nitrogens with one attached hydrogen (secondary N) is 4. The molecule has 0 unspecified atom stereocenters. The van der Waals surface area contributed by atoms with Crippen LogP contribution in [-0.2, 0) is 22.4 Å². The van der Waals surface area contributed by atoms with Crippen LogP contribution in [-0.4, -0.2) is 57.6 Å². The van der Waals surface area contributed by atoms with Gasteiger partial charge in [0, 0.05) is 12.2 Å². The molecule has 1 heterocycles. The van der Waals surface area contributed by atoms with Crippen LogP contribution in [0.25, 0.3) is 0 Å². The SMILES string of the molecule is CCc1ccccc1NC(=O)C[NH+]1CC[NH+](CC(=O)NCCc2ccccc2)CC1. The molecule has 3 rings (SSSR count). The summed E-state index contributed by atoms with van der Waals surface area (Å²) in [5.41, 5.74) is 3.32. The Balaban J connectivity index is 1.33. The molecule has 2 aromatic carbocycles. The molecular formula is C24H34N4O2+2. The third-order valence-corrected chi connectivity index (χ3v) is 5.74. The molecule has 1 saturated heterocycles. The second kappa shape index (κ2) is 11.5. The highest BCUT2D eigenvalue weighted by molar-refractivity contribution is 5.92. The highest BCUT2D eigenvalue weighted by Gasteiger charge is 2.26. The number of piperazine rings is 1. The van der Waals surface area contributed by atoms with Crippen LogP contribution in [0.5, 0.6) is 0 Å². The van der Waals surface area contributed by atoms with Crippen molar-refractivity contribution < 1.29 is 19.4 Å². The third kappa shape index (κ3) is 6.97. The molecule has 0 radical (unpaired) electrons. The van der Waals surface area contributed by atoms with Crippen molar-refractivity contribution in [3.63, 3.8) is 0 Å². The Bertz CT molecular complexity index is 817. The fourth-order valence-corrected chi connectivity index (χ4v) is 3.96. The van der Waals surface area contributed by atoms with Gasteiger partial charge in [0.25, 0.3) is 11.8 Å². The average molecular weight is 411 g/mol. The molecule has 2 aromatic rings. The number of amides is 2. The number of carbonyl (C=O) groups is 2. The summed E-state index contributed by atoms with van der Waals surface area (Å²) < 4.78 is 0. The lowest BCUT2D eigenvalue weighted by Gasteiger charge is -2.29. The van der Waals surface area contributed by atoms with Crippen molar-refractivity contribution in [1.82, 2.24) is 5.32 Å². The van der Waals surface area contributed by atoms with E-state index in [-0.39, 0.29) is 11.8 Å². The highest BCUT2D eigenvalue weighted by Crippen LogP contribution is 2.14. The van der Waals surface area contributed by atoms with E-state index in [0.717, 1.165) is 50.3 Å². The van der Waals surface area contributed by atoms with E-state index in [1.807, 2.05) is 36.4 Å². The van der Waals surface area contributed by atoms with Crippen molar-refractivity contribution in [3.05, 3.63) is 65.7 Å². The molecular weight excluding hydrogens is 376 g/mol. The minimum atomic E-state index is 0.0630. The summed E-state index contributed by atoms with van der Waals surface area (Å²) in [4.78, 5) is 27.2. The molecule has 0 atom stereocenters. The highest BCUT2D eigenvalue weighted by atomic mass is 16.2. The smallest absolute Gasteiger partial charge is 0.279 e. The van der Waals surface area contributed by atoms with Crippen LogP contribution in [0, 0.1) is 0 Å². The number of benzene rings is 2. The van der Waals surface area contributed by atoms with Crippen molar-refractivity contribution >= 4 is 17.5 Å². The van der Waals surface area contributed by atoms with Crippen LogP contribution in [0.3, 0.4) is 0 Å². The van der Waals surface area contributed by atoms with Gasteiger partial charge in [0.1, 0.15) is 26.2 Å². The minimum absolute atomic E-state index is 0.0630. The maximum atomic E-state index is 12.4. The first-order valence-corrected chi connectivity index (χ1v) is 11.0. The number of anilines is 1. The number of hydrogen-bond acceptors (Lipinski definition) is 2. The second-order valence-corrected chi connectivity index (χ2v) is 8.00. The van der Waals surface area contributed by atoms with Crippen LogP contribution in [0.2, 0.25) is 0 Å². The van der Waals surface area contributed by atoms with Crippen molar-refractivity contribution in [2.45, 2.75) is 19.8 Å². The molecule has 30 heavy (non-hydrogen) atoms. The summed E-state index contributed by atoms with van der Waals surface area (Å²) in [6.07, 6.45) is 1.76. The van der Waals surface area contributed by atoms with Crippen molar-refractivity contribution in [2.75, 3.05) is 51.1 Å². The van der Waals surface area contributed by atoms with Gasteiger partial charge in [0.15, 0.2) is 13.1 Å². The van der Waals surface area contributed by atoms with Crippen molar-refractivity contribution in [3.8, 4) is 0 Å². The summed E-state index contributed by atoms with van der Waals surface area (Å²) in [7, 11) is 0.